The number of rotatable bonds is 5. The minimum absolute atomic E-state index is 0.278. The standard InChI is InChI=1S/C17H34N2/c1-17(2,3)18-11-6-7-12-19-13-10-15-8-4-5-9-16(15)14-19/h15-16,18H,4-14H2,1-3H3. The van der Waals surface area contributed by atoms with E-state index in [-0.39, 0.29) is 5.54 Å². The van der Waals surface area contributed by atoms with E-state index in [4.69, 9.17) is 0 Å². The summed E-state index contributed by atoms with van der Waals surface area (Å²) in [5.74, 6) is 2.11. The van der Waals surface area contributed by atoms with Gasteiger partial charge in [0.1, 0.15) is 0 Å². The fourth-order valence-electron chi connectivity index (χ4n) is 3.80. The molecule has 0 radical (unpaired) electrons. The summed E-state index contributed by atoms with van der Waals surface area (Å²) in [5, 5.41) is 3.59. The zero-order valence-corrected chi connectivity index (χ0v) is 13.4. The smallest absolute Gasteiger partial charge is 0.00965 e. The summed E-state index contributed by atoms with van der Waals surface area (Å²) < 4.78 is 0. The molecule has 19 heavy (non-hydrogen) atoms. The van der Waals surface area contributed by atoms with Crippen molar-refractivity contribution >= 4 is 0 Å². The average molecular weight is 266 g/mol. The number of fused-ring (bicyclic) bond motifs is 1. The van der Waals surface area contributed by atoms with E-state index in [2.05, 4.69) is 31.0 Å². The third-order valence-corrected chi connectivity index (χ3v) is 4.93. The molecule has 0 aromatic rings. The Hall–Kier alpha value is -0.0800. The zero-order chi connectivity index (χ0) is 13.7. The van der Waals surface area contributed by atoms with Crippen molar-refractivity contribution < 1.29 is 0 Å². The first-order valence-corrected chi connectivity index (χ1v) is 8.52. The lowest BCUT2D eigenvalue weighted by atomic mass is 9.75. The van der Waals surface area contributed by atoms with Gasteiger partial charge in [0.15, 0.2) is 0 Å². The maximum atomic E-state index is 3.59. The molecule has 0 bridgehead atoms. The highest BCUT2D eigenvalue weighted by atomic mass is 15.1. The summed E-state index contributed by atoms with van der Waals surface area (Å²) in [6.45, 7) is 12.0. The van der Waals surface area contributed by atoms with Gasteiger partial charge in [0.05, 0.1) is 0 Å². The Balaban J connectivity index is 1.57. The van der Waals surface area contributed by atoms with Crippen LogP contribution in [0.5, 0.6) is 0 Å². The highest BCUT2D eigenvalue weighted by molar-refractivity contribution is 4.83. The summed E-state index contributed by atoms with van der Waals surface area (Å²) in [6, 6.07) is 0. The Morgan fingerprint density at radius 2 is 1.74 bits per heavy atom. The second kappa shape index (κ2) is 7.08. The third-order valence-electron chi connectivity index (χ3n) is 4.93. The van der Waals surface area contributed by atoms with Gasteiger partial charge in [-0.2, -0.15) is 0 Å². The molecule has 2 atom stereocenters. The molecule has 0 aromatic heterocycles. The van der Waals surface area contributed by atoms with Crippen LogP contribution in [0.2, 0.25) is 0 Å². The van der Waals surface area contributed by atoms with Crippen molar-refractivity contribution in [2.45, 2.75) is 71.3 Å². The molecular weight excluding hydrogens is 232 g/mol. The van der Waals surface area contributed by atoms with Crippen molar-refractivity contribution in [1.29, 1.82) is 0 Å². The number of nitrogens with zero attached hydrogens (tertiary/aromatic N) is 1. The van der Waals surface area contributed by atoms with Crippen molar-refractivity contribution in [3.8, 4) is 0 Å². The topological polar surface area (TPSA) is 15.3 Å². The molecular formula is C17H34N2. The predicted molar refractivity (Wildman–Crippen MR) is 83.5 cm³/mol. The van der Waals surface area contributed by atoms with Crippen molar-refractivity contribution in [2.75, 3.05) is 26.2 Å². The summed E-state index contributed by atoms with van der Waals surface area (Å²) in [5.41, 5.74) is 0.278. The molecule has 0 spiro atoms. The number of likely N-dealkylation sites (tertiary alicyclic amines) is 1. The van der Waals surface area contributed by atoms with E-state index < -0.39 is 0 Å². The first kappa shape index (κ1) is 15.3. The first-order valence-electron chi connectivity index (χ1n) is 8.52. The molecule has 1 aliphatic heterocycles. The lowest BCUT2D eigenvalue weighted by Crippen LogP contribution is -2.42. The molecule has 0 amide bonds. The molecule has 1 N–H and O–H groups in total. The number of unbranched alkanes of at least 4 members (excludes halogenated alkanes) is 1. The Kier molecular flexibility index (Phi) is 5.70. The van der Waals surface area contributed by atoms with E-state index >= 15 is 0 Å². The van der Waals surface area contributed by atoms with Crippen molar-refractivity contribution in [3.05, 3.63) is 0 Å². The van der Waals surface area contributed by atoms with Crippen LogP contribution in [0.4, 0.5) is 0 Å². The van der Waals surface area contributed by atoms with Gasteiger partial charge in [-0.1, -0.05) is 19.3 Å². The number of nitrogens with one attached hydrogen (secondary N) is 1. The third kappa shape index (κ3) is 5.43. The highest BCUT2D eigenvalue weighted by Crippen LogP contribution is 2.35. The van der Waals surface area contributed by atoms with Gasteiger partial charge in [-0.3, -0.25) is 0 Å². The molecule has 2 aliphatic rings. The van der Waals surface area contributed by atoms with Crippen LogP contribution < -0.4 is 5.32 Å². The van der Waals surface area contributed by atoms with E-state index in [0.29, 0.717) is 0 Å². The van der Waals surface area contributed by atoms with Gasteiger partial charge >= 0.3 is 0 Å². The van der Waals surface area contributed by atoms with E-state index in [1.807, 2.05) is 0 Å². The fourth-order valence-corrected chi connectivity index (χ4v) is 3.80. The van der Waals surface area contributed by atoms with Crippen LogP contribution in [0.25, 0.3) is 0 Å². The van der Waals surface area contributed by atoms with Gasteiger partial charge < -0.3 is 10.2 Å². The van der Waals surface area contributed by atoms with Crippen LogP contribution in [0, 0.1) is 11.8 Å². The van der Waals surface area contributed by atoms with Crippen LogP contribution in [0.15, 0.2) is 0 Å². The molecule has 1 aliphatic carbocycles. The van der Waals surface area contributed by atoms with Crippen LogP contribution >= 0.6 is 0 Å². The Bertz CT molecular complexity index is 256. The quantitative estimate of drug-likeness (QED) is 0.764. The van der Waals surface area contributed by atoms with Crippen molar-refractivity contribution in [2.24, 2.45) is 11.8 Å². The molecule has 112 valence electrons. The molecule has 0 aromatic carbocycles. The number of hydrogen-bond donors (Lipinski definition) is 1. The van der Waals surface area contributed by atoms with E-state index in [9.17, 15) is 0 Å². The van der Waals surface area contributed by atoms with Gasteiger partial charge in [-0.15, -0.1) is 0 Å². The SMILES string of the molecule is CC(C)(C)NCCCCN1CCC2CCCCC2C1. The van der Waals surface area contributed by atoms with Crippen molar-refractivity contribution in [3.63, 3.8) is 0 Å². The average Bonchev–Trinajstić information content (AvgIpc) is 2.37. The van der Waals surface area contributed by atoms with Crippen molar-refractivity contribution in [1.82, 2.24) is 10.2 Å². The maximum absolute atomic E-state index is 3.59. The predicted octanol–water partition coefficient (Wildman–Crippen LogP) is 3.67. The number of piperidine rings is 1. The van der Waals surface area contributed by atoms with Gasteiger partial charge in [0, 0.05) is 12.1 Å². The Morgan fingerprint density at radius 1 is 1.00 bits per heavy atom. The summed E-state index contributed by atoms with van der Waals surface area (Å²) in [4.78, 5) is 2.74. The monoisotopic (exact) mass is 266 g/mol. The zero-order valence-electron chi connectivity index (χ0n) is 13.4. The normalized spacial score (nSPS) is 29.2. The summed E-state index contributed by atoms with van der Waals surface area (Å²) in [7, 11) is 0. The van der Waals surface area contributed by atoms with E-state index in [0.717, 1.165) is 11.8 Å². The highest BCUT2D eigenvalue weighted by Gasteiger charge is 2.30. The minimum atomic E-state index is 0.278. The molecule has 2 nitrogen and oxygen atoms in total. The van der Waals surface area contributed by atoms with Gasteiger partial charge in [0.25, 0.3) is 0 Å². The minimum Gasteiger partial charge on any atom is -0.312 e. The van der Waals surface area contributed by atoms with Gasteiger partial charge in [0.2, 0.25) is 0 Å². The second-order valence-corrected chi connectivity index (χ2v) is 7.78. The van der Waals surface area contributed by atoms with Crippen LogP contribution in [0.3, 0.4) is 0 Å². The maximum Gasteiger partial charge on any atom is 0.00965 e. The van der Waals surface area contributed by atoms with E-state index in [1.54, 1.807) is 0 Å². The number of hydrogen-bond acceptors (Lipinski definition) is 2. The lowest BCUT2D eigenvalue weighted by Gasteiger charge is -2.41. The Labute approximate surface area is 120 Å². The first-order chi connectivity index (χ1) is 9.04. The molecule has 2 rings (SSSR count). The van der Waals surface area contributed by atoms with Crippen LogP contribution in [-0.2, 0) is 0 Å². The van der Waals surface area contributed by atoms with Gasteiger partial charge in [-0.05, 0) is 77.9 Å². The molecule has 2 fully saturated rings. The Morgan fingerprint density at radius 3 is 2.47 bits per heavy atom. The lowest BCUT2D eigenvalue weighted by molar-refractivity contribution is 0.0857. The molecule has 2 heteroatoms. The molecule has 2 unspecified atom stereocenters. The molecule has 1 heterocycles. The van der Waals surface area contributed by atoms with Gasteiger partial charge in [-0.25, -0.2) is 0 Å². The molecule has 1 saturated carbocycles. The summed E-state index contributed by atoms with van der Waals surface area (Å²) >= 11 is 0. The largest absolute Gasteiger partial charge is 0.312 e. The molecule has 1 saturated heterocycles. The fraction of sp³-hybridized carbons (Fsp3) is 1.00. The van der Waals surface area contributed by atoms with E-state index in [1.165, 1.54) is 71.1 Å². The van der Waals surface area contributed by atoms with Crippen LogP contribution in [0.1, 0.15) is 65.7 Å². The van der Waals surface area contributed by atoms with Crippen LogP contribution in [-0.4, -0.2) is 36.6 Å². The summed E-state index contributed by atoms with van der Waals surface area (Å²) in [6.07, 6.45) is 10.2. The second-order valence-electron chi connectivity index (χ2n) is 7.78.